The first kappa shape index (κ1) is 20.7. The van der Waals surface area contributed by atoms with Gasteiger partial charge >= 0.3 is 11.9 Å². The number of esters is 2. The lowest BCUT2D eigenvalue weighted by Crippen LogP contribution is -2.11. The van der Waals surface area contributed by atoms with Gasteiger partial charge in [-0.25, -0.2) is 9.59 Å². The maximum Gasteiger partial charge on any atom is 0.343 e. The number of rotatable bonds is 5. The van der Waals surface area contributed by atoms with Crippen molar-refractivity contribution in [2.75, 3.05) is 0 Å². The minimum absolute atomic E-state index is 0.0805. The van der Waals surface area contributed by atoms with Crippen molar-refractivity contribution in [2.45, 2.75) is 13.8 Å². The largest absolute Gasteiger partial charge is 0.504 e. The fourth-order valence-electron chi connectivity index (χ4n) is 2.87. The normalized spacial score (nSPS) is 10.3. The minimum atomic E-state index is -0.721. The second kappa shape index (κ2) is 8.53. The van der Waals surface area contributed by atoms with Gasteiger partial charge in [0.25, 0.3) is 0 Å². The molecule has 0 unspecified atom stereocenters. The second-order valence-corrected chi connectivity index (χ2v) is 6.71. The number of aromatic hydroxyl groups is 2. The van der Waals surface area contributed by atoms with Gasteiger partial charge in [0.15, 0.2) is 23.0 Å². The van der Waals surface area contributed by atoms with Gasteiger partial charge in [0.1, 0.15) is 0 Å². The summed E-state index contributed by atoms with van der Waals surface area (Å²) in [7, 11) is 0. The highest BCUT2D eigenvalue weighted by Crippen LogP contribution is 2.44. The van der Waals surface area contributed by atoms with Gasteiger partial charge in [-0.15, -0.1) is 0 Å². The Balaban J connectivity index is 1.92. The van der Waals surface area contributed by atoms with Crippen molar-refractivity contribution in [2.24, 2.45) is 0 Å². The van der Waals surface area contributed by atoms with Crippen LogP contribution in [0, 0.1) is 13.8 Å². The Bertz CT molecular complexity index is 1150. The summed E-state index contributed by atoms with van der Waals surface area (Å²) in [5.41, 5.74) is 2.20. The molecule has 6 heteroatoms. The van der Waals surface area contributed by atoms with Crippen LogP contribution >= 0.6 is 0 Å². The Kier molecular flexibility index (Phi) is 5.88. The van der Waals surface area contributed by atoms with Crippen LogP contribution in [0.2, 0.25) is 0 Å². The van der Waals surface area contributed by atoms with Gasteiger partial charge in [-0.3, -0.25) is 0 Å². The summed E-state index contributed by atoms with van der Waals surface area (Å²) in [6, 6.07) is 14.5. The van der Waals surface area contributed by atoms with Gasteiger partial charge in [0.2, 0.25) is 0 Å². The average molecular weight is 404 g/mol. The van der Waals surface area contributed by atoms with Gasteiger partial charge in [-0.05, 0) is 38.1 Å². The van der Waals surface area contributed by atoms with Crippen LogP contribution in [0.1, 0.15) is 37.4 Å². The highest BCUT2D eigenvalue weighted by atomic mass is 16.6. The number of hydrogen-bond acceptors (Lipinski definition) is 6. The van der Waals surface area contributed by atoms with Crippen molar-refractivity contribution in [3.63, 3.8) is 0 Å². The molecule has 3 aromatic carbocycles. The van der Waals surface area contributed by atoms with E-state index in [1.54, 1.807) is 36.4 Å². The monoisotopic (exact) mass is 404 g/mol. The third-order valence-corrected chi connectivity index (χ3v) is 4.34. The van der Waals surface area contributed by atoms with Crippen molar-refractivity contribution < 1.29 is 29.3 Å². The van der Waals surface area contributed by atoms with E-state index < -0.39 is 23.4 Å². The van der Waals surface area contributed by atoms with E-state index in [9.17, 15) is 19.8 Å². The van der Waals surface area contributed by atoms with E-state index in [1.165, 1.54) is 6.08 Å². The summed E-state index contributed by atoms with van der Waals surface area (Å²) in [6.45, 7) is 7.23. The lowest BCUT2D eigenvalue weighted by atomic mass is 10.1. The summed E-state index contributed by atoms with van der Waals surface area (Å²) in [4.78, 5) is 24.8. The van der Waals surface area contributed by atoms with Gasteiger partial charge in [-0.1, -0.05) is 48.0 Å². The minimum Gasteiger partial charge on any atom is -0.504 e. The van der Waals surface area contributed by atoms with Crippen LogP contribution in [0.5, 0.6) is 23.0 Å². The van der Waals surface area contributed by atoms with E-state index in [-0.39, 0.29) is 28.2 Å². The molecule has 30 heavy (non-hydrogen) atoms. The van der Waals surface area contributed by atoms with Crippen molar-refractivity contribution in [3.8, 4) is 23.0 Å². The second-order valence-electron chi connectivity index (χ2n) is 6.71. The maximum atomic E-state index is 12.4. The molecule has 0 aliphatic carbocycles. The Morgan fingerprint density at radius 2 is 1.40 bits per heavy atom. The fourth-order valence-corrected chi connectivity index (χ4v) is 2.87. The molecule has 2 N–H and O–H groups in total. The standard InChI is InChI=1S/C24H20O6/c1-4-18-21(26)20(29-23(27)16-9-5-7-14(2)11-16)13-19(25)22(18)30-24(28)17-10-6-8-15(3)12-17/h4-13,25-26H,1H2,2-3H3. The van der Waals surface area contributed by atoms with Crippen LogP contribution in [0.25, 0.3) is 6.08 Å². The molecule has 0 aromatic heterocycles. The Morgan fingerprint density at radius 1 is 0.867 bits per heavy atom. The highest BCUT2D eigenvalue weighted by Gasteiger charge is 2.23. The molecule has 0 bridgehead atoms. The number of hydrogen-bond donors (Lipinski definition) is 2. The van der Waals surface area contributed by atoms with E-state index in [0.717, 1.165) is 17.2 Å². The Hall–Kier alpha value is -4.06. The lowest BCUT2D eigenvalue weighted by molar-refractivity contribution is 0.0711. The molecule has 0 aliphatic heterocycles. The Morgan fingerprint density at radius 3 is 1.90 bits per heavy atom. The summed E-state index contributed by atoms with van der Waals surface area (Å²) in [6.07, 6.45) is 1.19. The van der Waals surface area contributed by atoms with Crippen molar-refractivity contribution in [3.05, 3.63) is 89.0 Å². The van der Waals surface area contributed by atoms with Crippen LogP contribution < -0.4 is 9.47 Å². The predicted molar refractivity (Wildman–Crippen MR) is 112 cm³/mol. The zero-order valence-electron chi connectivity index (χ0n) is 16.5. The quantitative estimate of drug-likeness (QED) is 0.361. The van der Waals surface area contributed by atoms with E-state index in [2.05, 4.69) is 6.58 Å². The zero-order valence-corrected chi connectivity index (χ0v) is 16.5. The number of benzene rings is 3. The van der Waals surface area contributed by atoms with Gasteiger partial charge < -0.3 is 19.7 Å². The summed E-state index contributed by atoms with van der Waals surface area (Å²) in [5.74, 6) is -2.99. The lowest BCUT2D eigenvalue weighted by Gasteiger charge is -2.14. The molecule has 3 rings (SSSR count). The number of aryl methyl sites for hydroxylation is 2. The SMILES string of the molecule is C=Cc1c(O)c(OC(=O)c2cccc(C)c2)cc(O)c1OC(=O)c1cccc(C)c1. The third kappa shape index (κ3) is 4.33. The van der Waals surface area contributed by atoms with Crippen LogP contribution in [0.3, 0.4) is 0 Å². The van der Waals surface area contributed by atoms with Crippen LogP contribution in [-0.4, -0.2) is 22.2 Å². The molecular weight excluding hydrogens is 384 g/mol. The molecule has 0 saturated heterocycles. The fraction of sp³-hybridized carbons (Fsp3) is 0.0833. The van der Waals surface area contributed by atoms with Crippen LogP contribution in [0.15, 0.2) is 61.2 Å². The van der Waals surface area contributed by atoms with Gasteiger partial charge in [-0.2, -0.15) is 0 Å². The van der Waals surface area contributed by atoms with Crippen molar-refractivity contribution in [1.82, 2.24) is 0 Å². The van der Waals surface area contributed by atoms with Crippen molar-refractivity contribution >= 4 is 18.0 Å². The highest BCUT2D eigenvalue weighted by molar-refractivity contribution is 5.94. The third-order valence-electron chi connectivity index (χ3n) is 4.34. The van der Waals surface area contributed by atoms with E-state index in [0.29, 0.717) is 0 Å². The first-order valence-electron chi connectivity index (χ1n) is 9.09. The molecule has 0 heterocycles. The molecule has 0 fully saturated rings. The molecule has 0 aliphatic rings. The summed E-state index contributed by atoms with van der Waals surface area (Å²) in [5, 5.41) is 20.9. The molecular formula is C24H20O6. The molecule has 0 saturated carbocycles. The van der Waals surface area contributed by atoms with Crippen LogP contribution in [0.4, 0.5) is 0 Å². The molecule has 0 amide bonds. The molecule has 0 radical (unpaired) electrons. The molecule has 3 aromatic rings. The summed E-state index contributed by atoms with van der Waals surface area (Å²) >= 11 is 0. The molecule has 0 spiro atoms. The zero-order chi connectivity index (χ0) is 21.8. The number of carbonyl (C=O) groups excluding carboxylic acids is 2. The maximum absolute atomic E-state index is 12.4. The number of phenolic OH excluding ortho intramolecular Hbond substituents is 2. The predicted octanol–water partition coefficient (Wildman–Crippen LogP) is 4.80. The van der Waals surface area contributed by atoms with Gasteiger partial charge in [0, 0.05) is 6.07 Å². The summed E-state index contributed by atoms with van der Waals surface area (Å²) < 4.78 is 10.5. The smallest absolute Gasteiger partial charge is 0.343 e. The molecule has 6 nitrogen and oxygen atoms in total. The van der Waals surface area contributed by atoms with E-state index in [1.807, 2.05) is 26.0 Å². The number of ether oxygens (including phenoxy) is 2. The number of phenols is 2. The average Bonchev–Trinajstić information content (AvgIpc) is 2.71. The van der Waals surface area contributed by atoms with Crippen molar-refractivity contribution in [1.29, 1.82) is 0 Å². The Labute approximate surface area is 173 Å². The van der Waals surface area contributed by atoms with Crippen LogP contribution in [-0.2, 0) is 0 Å². The topological polar surface area (TPSA) is 93.1 Å². The van der Waals surface area contributed by atoms with Gasteiger partial charge in [0.05, 0.1) is 16.7 Å². The molecule has 0 atom stereocenters. The first-order valence-corrected chi connectivity index (χ1v) is 9.09. The first-order chi connectivity index (χ1) is 14.3. The van der Waals surface area contributed by atoms with E-state index in [4.69, 9.17) is 9.47 Å². The van der Waals surface area contributed by atoms with E-state index >= 15 is 0 Å². The molecule has 152 valence electrons. The number of carbonyl (C=O) groups is 2.